The van der Waals surface area contributed by atoms with E-state index in [9.17, 15) is 0 Å². The van der Waals surface area contributed by atoms with Crippen LogP contribution in [0, 0.1) is 0 Å². The number of nitrogens with one attached hydrogen (secondary N) is 1. The van der Waals surface area contributed by atoms with Gasteiger partial charge in [0.25, 0.3) is 0 Å². The highest BCUT2D eigenvalue weighted by molar-refractivity contribution is 5.55. The number of anilines is 1. The molecule has 4 nitrogen and oxygen atoms in total. The zero-order chi connectivity index (χ0) is 12.1. The van der Waals surface area contributed by atoms with E-state index in [4.69, 9.17) is 15.2 Å². The van der Waals surface area contributed by atoms with Crippen molar-refractivity contribution in [1.29, 1.82) is 0 Å². The van der Waals surface area contributed by atoms with Crippen LogP contribution < -0.4 is 20.5 Å². The fourth-order valence-electron chi connectivity index (χ4n) is 1.82. The molecule has 0 fully saturated rings. The highest BCUT2D eigenvalue weighted by atomic mass is 16.7. The number of benzene rings is 1. The molecule has 0 aliphatic carbocycles. The second kappa shape index (κ2) is 5.77. The van der Waals surface area contributed by atoms with Crippen molar-refractivity contribution in [3.05, 3.63) is 18.2 Å². The first-order valence-electron chi connectivity index (χ1n) is 6.18. The van der Waals surface area contributed by atoms with Gasteiger partial charge in [-0.3, -0.25) is 0 Å². The number of unbranched alkanes of at least 4 members (excludes halogenated alkanes) is 1. The van der Waals surface area contributed by atoms with Gasteiger partial charge in [0.15, 0.2) is 11.5 Å². The molecule has 4 heteroatoms. The summed E-state index contributed by atoms with van der Waals surface area (Å²) in [6.07, 6.45) is 3.44. The van der Waals surface area contributed by atoms with E-state index in [1.165, 1.54) is 12.8 Å². The molecule has 0 spiro atoms. The third-order valence-corrected chi connectivity index (χ3v) is 2.87. The number of fused-ring (bicyclic) bond motifs is 1. The number of hydrogen-bond donors (Lipinski definition) is 2. The van der Waals surface area contributed by atoms with Gasteiger partial charge in [-0.25, -0.2) is 0 Å². The summed E-state index contributed by atoms with van der Waals surface area (Å²) in [5.41, 5.74) is 7.03. The maximum Gasteiger partial charge on any atom is 0.231 e. The van der Waals surface area contributed by atoms with E-state index in [0.717, 1.165) is 30.2 Å². The van der Waals surface area contributed by atoms with Gasteiger partial charge in [0.2, 0.25) is 6.79 Å². The topological polar surface area (TPSA) is 56.5 Å². The van der Waals surface area contributed by atoms with Crippen molar-refractivity contribution < 1.29 is 9.47 Å². The first-order chi connectivity index (χ1) is 8.29. The third-order valence-electron chi connectivity index (χ3n) is 2.87. The Morgan fingerprint density at radius 2 is 2.18 bits per heavy atom. The molecule has 0 saturated heterocycles. The lowest BCUT2D eigenvalue weighted by Crippen LogP contribution is -2.28. The Kier molecular flexibility index (Phi) is 4.09. The number of nitrogens with two attached hydrogens (primary N) is 1. The molecule has 1 heterocycles. The van der Waals surface area contributed by atoms with Crippen molar-refractivity contribution in [2.24, 2.45) is 5.73 Å². The Morgan fingerprint density at radius 3 is 3.00 bits per heavy atom. The lowest BCUT2D eigenvalue weighted by molar-refractivity contribution is 0.174. The lowest BCUT2D eigenvalue weighted by atomic mass is 10.1. The summed E-state index contributed by atoms with van der Waals surface area (Å²) in [6.45, 7) is 3.28. The first-order valence-corrected chi connectivity index (χ1v) is 6.18. The highest BCUT2D eigenvalue weighted by Gasteiger charge is 2.13. The molecule has 1 aromatic carbocycles. The molecule has 0 aromatic heterocycles. The van der Waals surface area contributed by atoms with E-state index in [2.05, 4.69) is 12.2 Å². The van der Waals surface area contributed by atoms with Crippen LogP contribution in [-0.2, 0) is 0 Å². The van der Waals surface area contributed by atoms with Crippen molar-refractivity contribution in [2.45, 2.75) is 32.2 Å². The summed E-state index contributed by atoms with van der Waals surface area (Å²) in [6, 6.07) is 6.07. The zero-order valence-electron chi connectivity index (χ0n) is 10.2. The minimum absolute atomic E-state index is 0.209. The van der Waals surface area contributed by atoms with E-state index in [0.29, 0.717) is 6.79 Å². The van der Waals surface area contributed by atoms with Crippen LogP contribution >= 0.6 is 0 Å². The molecule has 1 atom stereocenters. The summed E-state index contributed by atoms with van der Waals surface area (Å²) in [5.74, 6) is 1.61. The molecule has 0 saturated carbocycles. The second-order valence-electron chi connectivity index (χ2n) is 4.35. The smallest absolute Gasteiger partial charge is 0.231 e. The van der Waals surface area contributed by atoms with Gasteiger partial charge in [0.1, 0.15) is 0 Å². The summed E-state index contributed by atoms with van der Waals surface area (Å²) >= 11 is 0. The molecular formula is C13H20N2O2. The third kappa shape index (κ3) is 3.27. The lowest BCUT2D eigenvalue weighted by Gasteiger charge is -2.13. The van der Waals surface area contributed by atoms with Crippen LogP contribution in [-0.4, -0.2) is 19.4 Å². The van der Waals surface area contributed by atoms with Crippen molar-refractivity contribution in [2.75, 3.05) is 18.7 Å². The van der Waals surface area contributed by atoms with Crippen LogP contribution in [0.5, 0.6) is 11.5 Å². The molecule has 1 aliphatic rings. The molecule has 94 valence electrons. The standard InChI is InChI=1S/C13H20N2O2/c1-2-3-4-10(14)8-15-11-5-6-12-13(7-11)17-9-16-12/h5-7,10,15H,2-4,8-9,14H2,1H3. The average molecular weight is 236 g/mol. The normalized spacial score (nSPS) is 14.7. The monoisotopic (exact) mass is 236 g/mol. The summed E-state index contributed by atoms with van der Waals surface area (Å²) < 4.78 is 10.6. The van der Waals surface area contributed by atoms with Crippen LogP contribution in [0.2, 0.25) is 0 Å². The fraction of sp³-hybridized carbons (Fsp3) is 0.538. The molecule has 3 N–H and O–H groups in total. The van der Waals surface area contributed by atoms with Gasteiger partial charge in [0.05, 0.1) is 0 Å². The predicted octanol–water partition coefficient (Wildman–Crippen LogP) is 2.34. The summed E-state index contributed by atoms with van der Waals surface area (Å²) in [4.78, 5) is 0. The van der Waals surface area contributed by atoms with Crippen LogP contribution in [0.1, 0.15) is 26.2 Å². The Labute approximate surface area is 102 Å². The Hall–Kier alpha value is -1.42. The van der Waals surface area contributed by atoms with Crippen molar-refractivity contribution in [3.8, 4) is 11.5 Å². The van der Waals surface area contributed by atoms with Crippen LogP contribution in [0.3, 0.4) is 0 Å². The highest BCUT2D eigenvalue weighted by Crippen LogP contribution is 2.34. The van der Waals surface area contributed by atoms with Gasteiger partial charge in [-0.15, -0.1) is 0 Å². The minimum atomic E-state index is 0.209. The fourth-order valence-corrected chi connectivity index (χ4v) is 1.82. The van der Waals surface area contributed by atoms with Gasteiger partial charge in [-0.1, -0.05) is 19.8 Å². The summed E-state index contributed by atoms with van der Waals surface area (Å²) in [5, 5.41) is 3.32. The summed E-state index contributed by atoms with van der Waals surface area (Å²) in [7, 11) is 0. The SMILES string of the molecule is CCCCC(N)CNc1ccc2c(c1)OCO2. The maximum atomic E-state index is 6.00. The van der Waals surface area contributed by atoms with E-state index in [1.54, 1.807) is 0 Å². The quantitative estimate of drug-likeness (QED) is 0.796. The van der Waals surface area contributed by atoms with Gasteiger partial charge in [0, 0.05) is 24.3 Å². The maximum absolute atomic E-state index is 6.00. The van der Waals surface area contributed by atoms with E-state index >= 15 is 0 Å². The van der Waals surface area contributed by atoms with Crippen LogP contribution in [0.4, 0.5) is 5.69 Å². The average Bonchev–Trinajstić information content (AvgIpc) is 2.81. The molecule has 0 amide bonds. The Balaban J connectivity index is 1.83. The van der Waals surface area contributed by atoms with Crippen molar-refractivity contribution >= 4 is 5.69 Å². The van der Waals surface area contributed by atoms with Gasteiger partial charge in [-0.05, 0) is 18.6 Å². The van der Waals surface area contributed by atoms with Crippen molar-refractivity contribution in [3.63, 3.8) is 0 Å². The van der Waals surface area contributed by atoms with E-state index < -0.39 is 0 Å². The zero-order valence-corrected chi connectivity index (χ0v) is 10.2. The Morgan fingerprint density at radius 1 is 1.35 bits per heavy atom. The number of hydrogen-bond acceptors (Lipinski definition) is 4. The Bertz CT molecular complexity index is 368. The first kappa shape index (κ1) is 12.0. The molecular weight excluding hydrogens is 216 g/mol. The predicted molar refractivity (Wildman–Crippen MR) is 68.6 cm³/mol. The van der Waals surface area contributed by atoms with Crippen LogP contribution in [0.25, 0.3) is 0 Å². The molecule has 1 aliphatic heterocycles. The molecule has 1 unspecified atom stereocenters. The minimum Gasteiger partial charge on any atom is -0.454 e. The largest absolute Gasteiger partial charge is 0.454 e. The molecule has 2 rings (SSSR count). The van der Waals surface area contributed by atoms with E-state index in [-0.39, 0.29) is 6.04 Å². The van der Waals surface area contributed by atoms with Gasteiger partial charge >= 0.3 is 0 Å². The molecule has 17 heavy (non-hydrogen) atoms. The molecule has 0 bridgehead atoms. The molecule has 1 aromatic rings. The van der Waals surface area contributed by atoms with E-state index in [1.807, 2.05) is 18.2 Å². The van der Waals surface area contributed by atoms with Crippen LogP contribution in [0.15, 0.2) is 18.2 Å². The second-order valence-corrected chi connectivity index (χ2v) is 4.35. The van der Waals surface area contributed by atoms with Gasteiger partial charge in [-0.2, -0.15) is 0 Å². The molecule has 0 radical (unpaired) electrons. The van der Waals surface area contributed by atoms with Crippen molar-refractivity contribution in [1.82, 2.24) is 0 Å². The number of ether oxygens (including phenoxy) is 2. The van der Waals surface area contributed by atoms with Gasteiger partial charge < -0.3 is 20.5 Å². The number of rotatable bonds is 6.